The van der Waals surface area contributed by atoms with Gasteiger partial charge in [-0.25, -0.2) is 13.2 Å². The summed E-state index contributed by atoms with van der Waals surface area (Å²) in [6.07, 6.45) is 0.997. The number of carboxylic acids is 1. The zero-order valence-corrected chi connectivity index (χ0v) is 17.2. The first kappa shape index (κ1) is 21.7. The lowest BCUT2D eigenvalue weighted by molar-refractivity contribution is -0.384. The second-order valence-electron chi connectivity index (χ2n) is 6.10. The maximum absolute atomic E-state index is 13.1. The highest BCUT2D eigenvalue weighted by Gasteiger charge is 2.38. The Morgan fingerprint density at radius 3 is 2.30 bits per heavy atom. The predicted molar refractivity (Wildman–Crippen MR) is 108 cm³/mol. The zero-order valence-electron chi connectivity index (χ0n) is 14.9. The van der Waals surface area contributed by atoms with E-state index in [1.54, 1.807) is 0 Å². The molecule has 158 valence electrons. The third-order valence-corrected chi connectivity index (χ3v) is 6.63. The van der Waals surface area contributed by atoms with Crippen LogP contribution in [0.15, 0.2) is 47.5 Å². The van der Waals surface area contributed by atoms with Crippen molar-refractivity contribution in [2.45, 2.75) is 10.9 Å². The topological polar surface area (TPSA) is 153 Å². The van der Waals surface area contributed by atoms with Crippen molar-refractivity contribution in [3.05, 3.63) is 68.3 Å². The molecule has 3 rings (SSSR count). The maximum Gasteiger partial charge on any atom is 0.331 e. The van der Waals surface area contributed by atoms with Crippen molar-refractivity contribution in [2.75, 3.05) is 12.3 Å². The molecule has 0 fully saturated rings. The summed E-state index contributed by atoms with van der Waals surface area (Å²) in [5.74, 6) is -1.44. The Labute approximate surface area is 180 Å². The van der Waals surface area contributed by atoms with Crippen LogP contribution in [-0.4, -0.2) is 41.4 Å². The number of benzene rings is 2. The van der Waals surface area contributed by atoms with Gasteiger partial charge in [0.1, 0.15) is 12.4 Å². The number of nitrogens with zero attached hydrogens (tertiary/aromatic N) is 2. The number of carboxylic acid groups (broad SMARTS) is 1. The Morgan fingerprint density at radius 2 is 1.80 bits per heavy atom. The van der Waals surface area contributed by atoms with Crippen molar-refractivity contribution in [3.8, 4) is 0 Å². The number of non-ortho nitro benzene ring substituents is 1. The minimum absolute atomic E-state index is 0.00165. The van der Waals surface area contributed by atoms with Crippen molar-refractivity contribution in [1.82, 2.24) is 4.31 Å². The molecule has 13 heteroatoms. The molecule has 0 saturated heterocycles. The summed E-state index contributed by atoms with van der Waals surface area (Å²) in [7, 11) is -4.39. The summed E-state index contributed by atoms with van der Waals surface area (Å²) in [6.45, 7) is -0.493. The summed E-state index contributed by atoms with van der Waals surface area (Å²) in [6, 6.07) is 5.28. The van der Waals surface area contributed by atoms with Crippen LogP contribution in [0.3, 0.4) is 0 Å². The molecule has 10 nitrogen and oxygen atoms in total. The molecule has 1 aliphatic rings. The lowest BCUT2D eigenvalue weighted by atomic mass is 10.1. The maximum atomic E-state index is 13.1. The highest BCUT2D eigenvalue weighted by Crippen LogP contribution is 2.34. The van der Waals surface area contributed by atoms with E-state index in [9.17, 15) is 28.4 Å². The quantitative estimate of drug-likeness (QED) is 0.381. The normalized spacial score (nSPS) is 16.5. The van der Waals surface area contributed by atoms with Gasteiger partial charge in [-0.3, -0.25) is 14.4 Å². The van der Waals surface area contributed by atoms with Gasteiger partial charge in [-0.2, -0.15) is 0 Å². The van der Waals surface area contributed by atoms with E-state index in [2.05, 4.69) is 0 Å². The SMILES string of the molecule is Nc1c(Cl)cc(C2=CN(S(=O)(=O)c3ccc([N+](=O)[O-])cc3)[C@H](C(=O)O)CO2)cc1Cl. The minimum Gasteiger partial charge on any atom is -0.489 e. The first-order valence-electron chi connectivity index (χ1n) is 8.12. The summed E-state index contributed by atoms with van der Waals surface area (Å²) in [5, 5.41) is 20.5. The molecular formula is C17H13Cl2N3O7S. The van der Waals surface area contributed by atoms with E-state index in [-0.39, 0.29) is 37.6 Å². The second-order valence-corrected chi connectivity index (χ2v) is 8.76. The van der Waals surface area contributed by atoms with E-state index in [1.165, 1.54) is 12.1 Å². The van der Waals surface area contributed by atoms with Gasteiger partial charge in [0.25, 0.3) is 15.7 Å². The second kappa shape index (κ2) is 8.01. The fourth-order valence-corrected chi connectivity index (χ4v) is 4.58. The number of ether oxygens (including phenoxy) is 1. The molecule has 1 aliphatic heterocycles. The lowest BCUT2D eigenvalue weighted by Crippen LogP contribution is -2.46. The third kappa shape index (κ3) is 3.99. The summed E-state index contributed by atoms with van der Waals surface area (Å²) >= 11 is 12.0. The van der Waals surface area contributed by atoms with Crippen LogP contribution < -0.4 is 5.73 Å². The van der Waals surface area contributed by atoms with E-state index in [0.717, 1.165) is 30.5 Å². The highest BCUT2D eigenvalue weighted by atomic mass is 35.5. The average Bonchev–Trinajstić information content (AvgIpc) is 2.71. The van der Waals surface area contributed by atoms with Crippen molar-refractivity contribution in [2.24, 2.45) is 0 Å². The molecule has 2 aromatic rings. The van der Waals surface area contributed by atoms with E-state index in [4.69, 9.17) is 33.7 Å². The van der Waals surface area contributed by atoms with Crippen molar-refractivity contribution in [1.29, 1.82) is 0 Å². The molecule has 0 radical (unpaired) electrons. The molecule has 0 spiro atoms. The number of nitrogens with two attached hydrogens (primary N) is 1. The van der Waals surface area contributed by atoms with Gasteiger partial charge in [0, 0.05) is 17.7 Å². The van der Waals surface area contributed by atoms with E-state index >= 15 is 0 Å². The number of aliphatic carboxylic acids is 1. The number of hydrogen-bond acceptors (Lipinski definition) is 7. The van der Waals surface area contributed by atoms with Crippen LogP contribution in [0, 0.1) is 10.1 Å². The monoisotopic (exact) mass is 473 g/mol. The smallest absolute Gasteiger partial charge is 0.331 e. The molecule has 0 aliphatic carbocycles. The summed E-state index contributed by atoms with van der Waals surface area (Å²) in [4.78, 5) is 21.4. The Balaban J connectivity index is 2.09. The van der Waals surface area contributed by atoms with Gasteiger partial charge < -0.3 is 15.6 Å². The number of nitro benzene ring substituents is 1. The molecule has 0 amide bonds. The lowest BCUT2D eigenvalue weighted by Gasteiger charge is -2.32. The third-order valence-electron chi connectivity index (χ3n) is 4.22. The predicted octanol–water partition coefficient (Wildman–Crippen LogP) is 2.96. The van der Waals surface area contributed by atoms with Crippen LogP contribution in [0.25, 0.3) is 5.76 Å². The molecule has 1 atom stereocenters. The largest absolute Gasteiger partial charge is 0.489 e. The van der Waals surface area contributed by atoms with Crippen LogP contribution in [0.4, 0.5) is 11.4 Å². The number of rotatable bonds is 5. The Hall–Kier alpha value is -3.02. The highest BCUT2D eigenvalue weighted by molar-refractivity contribution is 7.89. The molecule has 0 saturated carbocycles. The Kier molecular flexibility index (Phi) is 5.79. The molecule has 1 heterocycles. The zero-order chi connectivity index (χ0) is 22.2. The van der Waals surface area contributed by atoms with Crippen LogP contribution >= 0.6 is 23.2 Å². The molecule has 3 N–H and O–H groups in total. The number of nitrogen functional groups attached to an aromatic ring is 1. The Morgan fingerprint density at radius 1 is 1.23 bits per heavy atom. The van der Waals surface area contributed by atoms with Gasteiger partial charge in [0.2, 0.25) is 0 Å². The molecule has 0 bridgehead atoms. The first-order valence-corrected chi connectivity index (χ1v) is 10.3. The molecule has 0 unspecified atom stereocenters. The number of carbonyl (C=O) groups is 1. The van der Waals surface area contributed by atoms with Crippen LogP contribution in [0.1, 0.15) is 5.56 Å². The molecule has 2 aromatic carbocycles. The standard InChI is InChI=1S/C17H13Cl2N3O7S/c18-12-5-9(6-13(19)16(12)20)15-7-21(14(8-29-15)17(23)24)30(27,28)11-3-1-10(2-4-11)22(25)26/h1-7,14H,8,20H2,(H,23,24)/t14-/m0/s1. The number of halogens is 2. The first-order chi connectivity index (χ1) is 14.0. The van der Waals surface area contributed by atoms with Crippen LogP contribution in [0.5, 0.6) is 0 Å². The van der Waals surface area contributed by atoms with Gasteiger partial charge >= 0.3 is 5.97 Å². The van der Waals surface area contributed by atoms with Gasteiger partial charge in [-0.05, 0) is 24.3 Å². The summed E-state index contributed by atoms with van der Waals surface area (Å²) < 4.78 is 32.2. The Bertz CT molecular complexity index is 1140. The van der Waals surface area contributed by atoms with Crippen LogP contribution in [0.2, 0.25) is 10.0 Å². The van der Waals surface area contributed by atoms with Crippen molar-refractivity contribution >= 4 is 56.3 Å². The van der Waals surface area contributed by atoms with E-state index in [1.807, 2.05) is 0 Å². The van der Waals surface area contributed by atoms with E-state index < -0.39 is 33.6 Å². The molecule has 30 heavy (non-hydrogen) atoms. The summed E-state index contributed by atoms with van der Waals surface area (Å²) in [5.41, 5.74) is 5.79. The van der Waals surface area contributed by atoms with Crippen molar-refractivity contribution < 1.29 is 28.0 Å². The van der Waals surface area contributed by atoms with Gasteiger partial charge in [-0.15, -0.1) is 0 Å². The van der Waals surface area contributed by atoms with Crippen molar-refractivity contribution in [3.63, 3.8) is 0 Å². The fraction of sp³-hybridized carbons (Fsp3) is 0.118. The van der Waals surface area contributed by atoms with Gasteiger partial charge in [0.15, 0.2) is 6.04 Å². The van der Waals surface area contributed by atoms with Crippen LogP contribution in [-0.2, 0) is 19.6 Å². The van der Waals surface area contributed by atoms with Gasteiger partial charge in [-0.1, -0.05) is 23.2 Å². The number of anilines is 1. The number of nitro groups is 1. The fourth-order valence-electron chi connectivity index (χ4n) is 2.65. The number of sulfonamides is 1. The number of hydrogen-bond donors (Lipinski definition) is 2. The van der Waals surface area contributed by atoms with Gasteiger partial charge in [0.05, 0.1) is 31.8 Å². The minimum atomic E-state index is -4.39. The molecule has 0 aromatic heterocycles. The average molecular weight is 474 g/mol. The van der Waals surface area contributed by atoms with E-state index in [0.29, 0.717) is 4.31 Å². The molecular weight excluding hydrogens is 461 g/mol.